The molecule has 1 unspecified atom stereocenters. The minimum atomic E-state index is -4.58. The van der Waals surface area contributed by atoms with E-state index in [1.54, 1.807) is 0 Å². The van der Waals surface area contributed by atoms with Crippen molar-refractivity contribution in [2.24, 2.45) is 5.92 Å². The molecule has 0 aliphatic heterocycles. The predicted molar refractivity (Wildman–Crippen MR) is 44.6 cm³/mol. The number of aliphatic hydroxyl groups is 2. The van der Waals surface area contributed by atoms with E-state index in [1.807, 2.05) is 0 Å². The summed E-state index contributed by atoms with van der Waals surface area (Å²) in [4.78, 5) is 0. The highest BCUT2D eigenvalue weighted by Crippen LogP contribution is 2.42. The summed E-state index contributed by atoms with van der Waals surface area (Å²) in [5.74, 6) is -0.786. The van der Waals surface area contributed by atoms with Gasteiger partial charge in [-0.15, -0.1) is 0 Å². The van der Waals surface area contributed by atoms with Crippen LogP contribution in [0.25, 0.3) is 0 Å². The second kappa shape index (κ2) is 3.70. The Bertz CT molecular complexity index is 193. The maximum atomic E-state index is 12.4. The second-order valence-corrected chi connectivity index (χ2v) is 4.15. The maximum absolute atomic E-state index is 12.4. The zero-order chi connectivity index (χ0) is 11.0. The highest BCUT2D eigenvalue weighted by molar-refractivity contribution is 4.91. The van der Waals surface area contributed by atoms with Crippen molar-refractivity contribution in [3.63, 3.8) is 0 Å². The van der Waals surface area contributed by atoms with E-state index >= 15 is 0 Å². The Morgan fingerprint density at radius 2 is 1.50 bits per heavy atom. The van der Waals surface area contributed by atoms with E-state index in [9.17, 15) is 18.3 Å². The molecule has 2 nitrogen and oxygen atoms in total. The fourth-order valence-corrected chi connectivity index (χ4v) is 1.87. The van der Waals surface area contributed by atoms with Gasteiger partial charge in [-0.3, -0.25) is 0 Å². The lowest BCUT2D eigenvalue weighted by molar-refractivity contribution is -0.276. The highest BCUT2D eigenvalue weighted by Gasteiger charge is 2.54. The summed E-state index contributed by atoms with van der Waals surface area (Å²) < 4.78 is 37.2. The molecule has 0 aromatic heterocycles. The fourth-order valence-electron chi connectivity index (χ4n) is 1.87. The molecule has 0 bridgehead atoms. The van der Waals surface area contributed by atoms with Gasteiger partial charge in [0, 0.05) is 0 Å². The summed E-state index contributed by atoms with van der Waals surface area (Å²) in [6, 6.07) is 0. The third-order valence-corrected chi connectivity index (χ3v) is 3.07. The third-order valence-electron chi connectivity index (χ3n) is 3.07. The van der Waals surface area contributed by atoms with Crippen LogP contribution in [0, 0.1) is 5.92 Å². The van der Waals surface area contributed by atoms with Crippen molar-refractivity contribution < 1.29 is 23.4 Å². The molecule has 14 heavy (non-hydrogen) atoms. The van der Waals surface area contributed by atoms with E-state index in [0.717, 1.165) is 6.92 Å². The first-order valence-corrected chi connectivity index (χ1v) is 4.72. The van der Waals surface area contributed by atoms with Gasteiger partial charge < -0.3 is 10.2 Å². The summed E-state index contributed by atoms with van der Waals surface area (Å²) in [6.07, 6.45) is -3.94. The molecule has 0 radical (unpaired) electrons. The summed E-state index contributed by atoms with van der Waals surface area (Å²) in [5, 5.41) is 18.5. The van der Waals surface area contributed by atoms with Gasteiger partial charge in [0.1, 0.15) is 0 Å². The molecule has 1 rings (SSSR count). The Kier molecular flexibility index (Phi) is 3.11. The van der Waals surface area contributed by atoms with Gasteiger partial charge in [-0.1, -0.05) is 0 Å². The summed E-state index contributed by atoms with van der Waals surface area (Å²) >= 11 is 0. The van der Waals surface area contributed by atoms with Gasteiger partial charge in [0.25, 0.3) is 0 Å². The van der Waals surface area contributed by atoms with Crippen LogP contribution in [-0.2, 0) is 0 Å². The molecular weight excluding hydrogens is 197 g/mol. The highest BCUT2D eigenvalue weighted by atomic mass is 19.4. The van der Waals surface area contributed by atoms with Gasteiger partial charge in [-0.25, -0.2) is 0 Å². The SMILES string of the molecule is CC(O)([C@H]1CC[C@@H](O)CC1)C(F)(F)F. The van der Waals surface area contributed by atoms with Crippen LogP contribution >= 0.6 is 0 Å². The fraction of sp³-hybridized carbons (Fsp3) is 1.00. The van der Waals surface area contributed by atoms with Gasteiger partial charge in [0.2, 0.25) is 0 Å². The van der Waals surface area contributed by atoms with E-state index in [-0.39, 0.29) is 12.8 Å². The average molecular weight is 212 g/mol. The molecule has 1 aliphatic carbocycles. The van der Waals surface area contributed by atoms with E-state index < -0.39 is 23.8 Å². The van der Waals surface area contributed by atoms with Crippen LogP contribution in [0.1, 0.15) is 32.6 Å². The molecule has 0 saturated heterocycles. The van der Waals surface area contributed by atoms with Gasteiger partial charge in [-0.05, 0) is 38.5 Å². The number of rotatable bonds is 1. The van der Waals surface area contributed by atoms with Gasteiger partial charge in [0.15, 0.2) is 5.60 Å². The molecule has 0 heterocycles. The minimum Gasteiger partial charge on any atom is -0.393 e. The predicted octanol–water partition coefficient (Wildman–Crippen LogP) is 1.85. The number of halogens is 3. The van der Waals surface area contributed by atoms with Crippen LogP contribution in [0.5, 0.6) is 0 Å². The van der Waals surface area contributed by atoms with Crippen molar-refractivity contribution in [3.05, 3.63) is 0 Å². The number of alkyl halides is 3. The topological polar surface area (TPSA) is 40.5 Å². The van der Waals surface area contributed by atoms with E-state index in [4.69, 9.17) is 5.11 Å². The second-order valence-electron chi connectivity index (χ2n) is 4.15. The molecule has 1 fully saturated rings. The smallest absolute Gasteiger partial charge is 0.393 e. The number of hydrogen-bond acceptors (Lipinski definition) is 2. The van der Waals surface area contributed by atoms with E-state index in [0.29, 0.717) is 12.8 Å². The zero-order valence-electron chi connectivity index (χ0n) is 8.01. The summed E-state index contributed by atoms with van der Waals surface area (Å²) in [7, 11) is 0. The van der Waals surface area contributed by atoms with Gasteiger partial charge >= 0.3 is 6.18 Å². The Labute approximate surface area is 80.7 Å². The maximum Gasteiger partial charge on any atom is 0.417 e. The Hall–Kier alpha value is -0.290. The molecule has 84 valence electrons. The summed E-state index contributed by atoms with van der Waals surface area (Å²) in [6.45, 7) is 0.815. The van der Waals surface area contributed by atoms with Crippen molar-refractivity contribution in [1.29, 1.82) is 0 Å². The quantitative estimate of drug-likeness (QED) is 0.696. The molecule has 5 heteroatoms. The molecule has 0 aromatic carbocycles. The Morgan fingerprint density at radius 1 is 1.07 bits per heavy atom. The largest absolute Gasteiger partial charge is 0.417 e. The Balaban J connectivity index is 2.65. The first-order valence-electron chi connectivity index (χ1n) is 4.72. The third kappa shape index (κ3) is 2.20. The van der Waals surface area contributed by atoms with Crippen LogP contribution in [0.4, 0.5) is 13.2 Å². The monoisotopic (exact) mass is 212 g/mol. The van der Waals surface area contributed by atoms with Crippen LogP contribution in [0.15, 0.2) is 0 Å². The van der Waals surface area contributed by atoms with Crippen molar-refractivity contribution in [2.75, 3.05) is 0 Å². The molecule has 0 spiro atoms. The summed E-state index contributed by atoms with van der Waals surface area (Å²) in [5.41, 5.74) is -2.62. The molecular formula is C9H15F3O2. The number of aliphatic hydroxyl groups excluding tert-OH is 1. The molecule has 2 N–H and O–H groups in total. The standard InChI is InChI=1S/C9H15F3O2/c1-8(14,9(10,11)12)6-2-4-7(13)5-3-6/h6-7,13-14H,2-5H2,1H3/t6-,7+,8?. The first-order chi connectivity index (χ1) is 6.25. The van der Waals surface area contributed by atoms with Crippen molar-refractivity contribution in [2.45, 2.75) is 50.5 Å². The van der Waals surface area contributed by atoms with Crippen LogP contribution in [-0.4, -0.2) is 28.1 Å². The normalized spacial score (nSPS) is 33.9. The van der Waals surface area contributed by atoms with Crippen LogP contribution in [0.3, 0.4) is 0 Å². The van der Waals surface area contributed by atoms with Crippen LogP contribution in [0.2, 0.25) is 0 Å². The van der Waals surface area contributed by atoms with Gasteiger partial charge in [-0.2, -0.15) is 13.2 Å². The molecule has 0 amide bonds. The van der Waals surface area contributed by atoms with Crippen molar-refractivity contribution in [3.8, 4) is 0 Å². The number of hydrogen-bond donors (Lipinski definition) is 2. The lowest BCUT2D eigenvalue weighted by Crippen LogP contribution is -2.50. The molecule has 0 aromatic rings. The average Bonchev–Trinajstić information content (AvgIpc) is 2.03. The molecule has 1 aliphatic rings. The van der Waals surface area contributed by atoms with Crippen molar-refractivity contribution >= 4 is 0 Å². The molecule has 1 atom stereocenters. The minimum absolute atomic E-state index is 0.230. The lowest BCUT2D eigenvalue weighted by atomic mass is 9.76. The Morgan fingerprint density at radius 3 is 1.86 bits per heavy atom. The van der Waals surface area contributed by atoms with E-state index in [2.05, 4.69) is 0 Å². The lowest BCUT2D eigenvalue weighted by Gasteiger charge is -2.37. The van der Waals surface area contributed by atoms with E-state index in [1.165, 1.54) is 0 Å². The molecule has 1 saturated carbocycles. The van der Waals surface area contributed by atoms with Crippen molar-refractivity contribution in [1.82, 2.24) is 0 Å². The zero-order valence-corrected chi connectivity index (χ0v) is 8.01. The van der Waals surface area contributed by atoms with Gasteiger partial charge in [0.05, 0.1) is 6.10 Å². The first kappa shape index (κ1) is 11.8. The van der Waals surface area contributed by atoms with Crippen LogP contribution < -0.4 is 0 Å².